The van der Waals surface area contributed by atoms with Crippen molar-refractivity contribution in [3.8, 4) is 5.75 Å². The molecule has 1 saturated heterocycles. The minimum absolute atomic E-state index is 0.158. The summed E-state index contributed by atoms with van der Waals surface area (Å²) in [6, 6.07) is 6.02. The molecule has 2 amide bonds. The van der Waals surface area contributed by atoms with E-state index in [0.29, 0.717) is 31.0 Å². The van der Waals surface area contributed by atoms with Crippen LogP contribution in [0.1, 0.15) is 56.8 Å². The summed E-state index contributed by atoms with van der Waals surface area (Å²) in [4.78, 5) is 38.6. The summed E-state index contributed by atoms with van der Waals surface area (Å²) in [6.45, 7) is 6.98. The lowest BCUT2D eigenvalue weighted by Gasteiger charge is -2.34. The van der Waals surface area contributed by atoms with Gasteiger partial charge in [0.15, 0.2) is 0 Å². The first-order valence-electron chi connectivity index (χ1n) is 9.93. The van der Waals surface area contributed by atoms with Crippen molar-refractivity contribution in [2.45, 2.75) is 58.6 Å². The molecular formula is C21H30N2O5. The Hall–Kier alpha value is -2.57. The van der Waals surface area contributed by atoms with Crippen LogP contribution in [0, 0.1) is 0 Å². The second-order valence-corrected chi connectivity index (χ2v) is 7.13. The maximum Gasteiger partial charge on any atom is 0.308 e. The van der Waals surface area contributed by atoms with Gasteiger partial charge < -0.3 is 19.7 Å². The van der Waals surface area contributed by atoms with Crippen LogP contribution in [0.2, 0.25) is 0 Å². The van der Waals surface area contributed by atoms with Gasteiger partial charge in [0.25, 0.3) is 5.91 Å². The smallest absolute Gasteiger partial charge is 0.308 e. The summed E-state index contributed by atoms with van der Waals surface area (Å²) < 4.78 is 10.8. The predicted octanol–water partition coefficient (Wildman–Crippen LogP) is 2.54. The van der Waals surface area contributed by atoms with Gasteiger partial charge in [-0.2, -0.15) is 0 Å². The van der Waals surface area contributed by atoms with E-state index in [1.165, 1.54) is 4.90 Å². The fourth-order valence-corrected chi connectivity index (χ4v) is 3.03. The molecule has 0 saturated carbocycles. The molecule has 1 heterocycles. The number of esters is 1. The molecule has 1 N–H and O–H groups in total. The van der Waals surface area contributed by atoms with E-state index in [9.17, 15) is 14.4 Å². The number of carbonyl (C=O) groups is 3. The highest BCUT2D eigenvalue weighted by molar-refractivity contribution is 5.99. The average Bonchev–Trinajstić information content (AvgIpc) is 2.66. The van der Waals surface area contributed by atoms with Crippen LogP contribution >= 0.6 is 0 Å². The molecule has 7 heteroatoms. The molecule has 154 valence electrons. The number of carbonyl (C=O) groups excluding carboxylic acids is 3. The Morgan fingerprint density at radius 1 is 1.21 bits per heavy atom. The van der Waals surface area contributed by atoms with Crippen LogP contribution in [-0.2, 0) is 14.3 Å². The first-order valence-corrected chi connectivity index (χ1v) is 9.93. The lowest BCUT2D eigenvalue weighted by atomic mass is 10.1. The molecule has 0 radical (unpaired) electrons. The van der Waals surface area contributed by atoms with Crippen LogP contribution in [-0.4, -0.2) is 54.5 Å². The second-order valence-electron chi connectivity index (χ2n) is 7.13. The third-order valence-corrected chi connectivity index (χ3v) is 4.44. The molecule has 1 unspecified atom stereocenters. The van der Waals surface area contributed by atoms with Gasteiger partial charge in [0.1, 0.15) is 11.8 Å². The van der Waals surface area contributed by atoms with Gasteiger partial charge in [0.05, 0.1) is 19.1 Å². The molecule has 1 fully saturated rings. The molecule has 28 heavy (non-hydrogen) atoms. The third-order valence-electron chi connectivity index (χ3n) is 4.44. The molecule has 1 aliphatic rings. The van der Waals surface area contributed by atoms with Gasteiger partial charge in [-0.3, -0.25) is 14.4 Å². The highest BCUT2D eigenvalue weighted by Crippen LogP contribution is 2.18. The SMILES string of the molecule is CCCCCOc1ccc(C(=O)N2CCNC(=O)C2CC(=O)OC(C)C)cc1. The Morgan fingerprint density at radius 3 is 2.57 bits per heavy atom. The fraction of sp³-hybridized carbons (Fsp3) is 0.571. The maximum absolute atomic E-state index is 12.9. The van der Waals surface area contributed by atoms with Crippen molar-refractivity contribution in [1.29, 1.82) is 0 Å². The highest BCUT2D eigenvalue weighted by atomic mass is 16.5. The molecule has 0 aliphatic carbocycles. The number of rotatable bonds is 9. The Labute approximate surface area is 166 Å². The number of hydrogen-bond donors (Lipinski definition) is 1. The maximum atomic E-state index is 12.9. The molecule has 0 spiro atoms. The minimum atomic E-state index is -0.863. The molecule has 1 atom stereocenters. The van der Waals surface area contributed by atoms with Crippen molar-refractivity contribution in [1.82, 2.24) is 10.2 Å². The normalized spacial score (nSPS) is 16.6. The number of nitrogens with one attached hydrogen (secondary N) is 1. The van der Waals surface area contributed by atoms with E-state index >= 15 is 0 Å². The van der Waals surface area contributed by atoms with E-state index in [1.54, 1.807) is 38.1 Å². The number of ether oxygens (including phenoxy) is 2. The van der Waals surface area contributed by atoms with Crippen molar-refractivity contribution in [3.63, 3.8) is 0 Å². The molecular weight excluding hydrogens is 360 g/mol. The van der Waals surface area contributed by atoms with Gasteiger partial charge in [0.2, 0.25) is 5.91 Å². The Balaban J connectivity index is 2.03. The second kappa shape index (κ2) is 10.7. The lowest BCUT2D eigenvalue weighted by Crippen LogP contribution is -2.57. The summed E-state index contributed by atoms with van der Waals surface area (Å²) in [5, 5.41) is 2.71. The zero-order chi connectivity index (χ0) is 20.5. The molecule has 2 rings (SSSR count). The number of hydrogen-bond acceptors (Lipinski definition) is 5. The Bertz CT molecular complexity index is 672. The van der Waals surface area contributed by atoms with Crippen LogP contribution in [0.15, 0.2) is 24.3 Å². The molecule has 7 nitrogen and oxygen atoms in total. The van der Waals surface area contributed by atoms with Crippen LogP contribution < -0.4 is 10.1 Å². The van der Waals surface area contributed by atoms with Crippen molar-refractivity contribution >= 4 is 17.8 Å². The zero-order valence-corrected chi connectivity index (χ0v) is 16.9. The summed E-state index contributed by atoms with van der Waals surface area (Å²) in [6.07, 6.45) is 2.82. The zero-order valence-electron chi connectivity index (χ0n) is 16.9. The lowest BCUT2D eigenvalue weighted by molar-refractivity contribution is -0.151. The van der Waals surface area contributed by atoms with Crippen molar-refractivity contribution in [3.05, 3.63) is 29.8 Å². The summed E-state index contributed by atoms with van der Waals surface area (Å²) >= 11 is 0. The summed E-state index contributed by atoms with van der Waals surface area (Å²) in [7, 11) is 0. The van der Waals surface area contributed by atoms with Crippen LogP contribution in [0.5, 0.6) is 5.75 Å². The van der Waals surface area contributed by atoms with Crippen LogP contribution in [0.3, 0.4) is 0 Å². The predicted molar refractivity (Wildman–Crippen MR) is 105 cm³/mol. The number of nitrogens with zero attached hydrogens (tertiary/aromatic N) is 1. The number of amides is 2. The average molecular weight is 390 g/mol. The van der Waals surface area contributed by atoms with E-state index in [4.69, 9.17) is 9.47 Å². The topological polar surface area (TPSA) is 84.9 Å². The van der Waals surface area contributed by atoms with Crippen molar-refractivity contribution in [2.24, 2.45) is 0 Å². The first-order chi connectivity index (χ1) is 13.4. The molecule has 1 aliphatic heterocycles. The van der Waals surface area contributed by atoms with Crippen LogP contribution in [0.25, 0.3) is 0 Å². The van der Waals surface area contributed by atoms with E-state index in [-0.39, 0.29) is 24.3 Å². The van der Waals surface area contributed by atoms with E-state index < -0.39 is 12.0 Å². The van der Waals surface area contributed by atoms with Gasteiger partial charge in [-0.15, -0.1) is 0 Å². The molecule has 0 bridgehead atoms. The minimum Gasteiger partial charge on any atom is -0.494 e. The van der Waals surface area contributed by atoms with Gasteiger partial charge >= 0.3 is 5.97 Å². The largest absolute Gasteiger partial charge is 0.494 e. The van der Waals surface area contributed by atoms with Gasteiger partial charge in [0, 0.05) is 18.7 Å². The quantitative estimate of drug-likeness (QED) is 0.517. The summed E-state index contributed by atoms with van der Waals surface area (Å²) in [5.74, 6) is -0.405. The number of benzene rings is 1. The van der Waals surface area contributed by atoms with Crippen molar-refractivity contribution < 1.29 is 23.9 Å². The highest BCUT2D eigenvalue weighted by Gasteiger charge is 2.35. The number of piperazine rings is 1. The van der Waals surface area contributed by atoms with E-state index in [2.05, 4.69) is 12.2 Å². The first kappa shape index (κ1) is 21.7. The van der Waals surface area contributed by atoms with Gasteiger partial charge in [-0.25, -0.2) is 0 Å². The third kappa shape index (κ3) is 6.25. The Morgan fingerprint density at radius 2 is 1.93 bits per heavy atom. The van der Waals surface area contributed by atoms with Gasteiger partial charge in [-0.05, 0) is 44.5 Å². The Kier molecular flexibility index (Phi) is 8.29. The number of unbranched alkanes of at least 4 members (excludes halogenated alkanes) is 2. The summed E-state index contributed by atoms with van der Waals surface area (Å²) in [5.41, 5.74) is 0.456. The van der Waals surface area contributed by atoms with E-state index in [0.717, 1.165) is 19.3 Å². The fourth-order valence-electron chi connectivity index (χ4n) is 3.03. The molecule has 1 aromatic carbocycles. The molecule has 0 aromatic heterocycles. The van der Waals surface area contributed by atoms with E-state index in [1.807, 2.05) is 0 Å². The monoisotopic (exact) mass is 390 g/mol. The molecule has 1 aromatic rings. The van der Waals surface area contributed by atoms with Crippen LogP contribution in [0.4, 0.5) is 0 Å². The van der Waals surface area contributed by atoms with Crippen molar-refractivity contribution in [2.75, 3.05) is 19.7 Å². The van der Waals surface area contributed by atoms with Gasteiger partial charge in [-0.1, -0.05) is 19.8 Å². The standard InChI is InChI=1S/C21H30N2O5/c1-4-5-6-13-27-17-9-7-16(8-10-17)21(26)23-12-11-22-20(25)18(23)14-19(24)28-15(2)3/h7-10,15,18H,4-6,11-14H2,1-3H3,(H,22,25).